The lowest BCUT2D eigenvalue weighted by molar-refractivity contribution is -0.125. The highest BCUT2D eigenvalue weighted by molar-refractivity contribution is 5.85. The number of nitrogens with two attached hydrogens (primary N) is 1. The Morgan fingerprint density at radius 1 is 1.35 bits per heavy atom. The van der Waals surface area contributed by atoms with Crippen LogP contribution in [0, 0.1) is 5.92 Å². The van der Waals surface area contributed by atoms with Crippen LogP contribution in [0.2, 0.25) is 0 Å². The molecular weight excluding hydrogens is 316 g/mol. The van der Waals surface area contributed by atoms with Crippen LogP contribution in [0.5, 0.6) is 5.75 Å². The van der Waals surface area contributed by atoms with E-state index in [-0.39, 0.29) is 42.9 Å². The lowest BCUT2D eigenvalue weighted by Crippen LogP contribution is -2.33. The third-order valence-electron chi connectivity index (χ3n) is 3.95. The molecule has 0 heterocycles. The van der Waals surface area contributed by atoms with E-state index in [4.69, 9.17) is 10.5 Å². The number of carbonyl (C=O) groups excluding carboxylic acids is 1. The minimum Gasteiger partial charge on any atom is -0.491 e. The maximum atomic E-state index is 12.0. The van der Waals surface area contributed by atoms with Gasteiger partial charge in [-0.3, -0.25) is 4.79 Å². The van der Waals surface area contributed by atoms with Crippen LogP contribution in [0.4, 0.5) is 0 Å². The topological polar surface area (TPSA) is 84.6 Å². The second kappa shape index (κ2) is 9.11. The van der Waals surface area contributed by atoms with E-state index in [0.717, 1.165) is 30.6 Å². The molecule has 0 bridgehead atoms. The smallest absolute Gasteiger partial charge is 0.223 e. The molecule has 0 aromatic heterocycles. The van der Waals surface area contributed by atoms with Crippen molar-refractivity contribution in [1.29, 1.82) is 0 Å². The van der Waals surface area contributed by atoms with Gasteiger partial charge in [0.05, 0.1) is 12.2 Å². The summed E-state index contributed by atoms with van der Waals surface area (Å²) in [7, 11) is 0. The minimum atomic E-state index is -0.716. The number of nitrogens with one attached hydrogen (secondary N) is 1. The average Bonchev–Trinajstić information content (AvgIpc) is 2.91. The number of amides is 1. The zero-order valence-corrected chi connectivity index (χ0v) is 14.5. The molecule has 23 heavy (non-hydrogen) atoms. The summed E-state index contributed by atoms with van der Waals surface area (Å²) in [6.45, 7) is 4.15. The second-order valence-corrected chi connectivity index (χ2v) is 6.27. The Bertz CT molecular complexity index is 493. The second-order valence-electron chi connectivity index (χ2n) is 6.27. The van der Waals surface area contributed by atoms with Crippen molar-refractivity contribution in [3.05, 3.63) is 29.8 Å². The van der Waals surface area contributed by atoms with Crippen LogP contribution in [0.25, 0.3) is 0 Å². The molecule has 130 valence electrons. The van der Waals surface area contributed by atoms with Crippen LogP contribution < -0.4 is 15.8 Å². The van der Waals surface area contributed by atoms with Gasteiger partial charge in [-0.25, -0.2) is 0 Å². The van der Waals surface area contributed by atoms with Crippen LogP contribution in [-0.2, 0) is 4.79 Å². The molecule has 0 saturated heterocycles. The monoisotopic (exact) mass is 342 g/mol. The van der Waals surface area contributed by atoms with E-state index in [9.17, 15) is 9.90 Å². The highest BCUT2D eigenvalue weighted by Gasteiger charge is 2.27. The van der Waals surface area contributed by atoms with Crippen LogP contribution >= 0.6 is 12.4 Å². The predicted octanol–water partition coefficient (Wildman–Crippen LogP) is 2.17. The zero-order valence-electron chi connectivity index (χ0n) is 13.7. The van der Waals surface area contributed by atoms with Crippen molar-refractivity contribution in [2.75, 3.05) is 6.54 Å². The van der Waals surface area contributed by atoms with Gasteiger partial charge in [-0.2, -0.15) is 0 Å². The summed E-state index contributed by atoms with van der Waals surface area (Å²) in [6.07, 6.45) is 1.88. The SMILES string of the molecule is CC(C)Oc1ccc(C(O)CNC(=O)C2CCC(N)C2)cc1.Cl. The van der Waals surface area contributed by atoms with Crippen molar-refractivity contribution in [2.24, 2.45) is 11.7 Å². The van der Waals surface area contributed by atoms with E-state index in [0.29, 0.717) is 0 Å². The van der Waals surface area contributed by atoms with Gasteiger partial charge in [0.15, 0.2) is 0 Å². The molecule has 0 radical (unpaired) electrons. The van der Waals surface area contributed by atoms with Crippen molar-refractivity contribution < 1.29 is 14.6 Å². The quantitative estimate of drug-likeness (QED) is 0.739. The molecule has 2 rings (SSSR count). The average molecular weight is 343 g/mol. The molecule has 1 aromatic carbocycles. The predicted molar refractivity (Wildman–Crippen MR) is 92.7 cm³/mol. The first-order valence-electron chi connectivity index (χ1n) is 7.93. The molecule has 6 heteroatoms. The first kappa shape index (κ1) is 19.7. The van der Waals surface area contributed by atoms with Gasteiger partial charge >= 0.3 is 0 Å². The fraction of sp³-hybridized carbons (Fsp3) is 0.588. The van der Waals surface area contributed by atoms with Gasteiger partial charge in [-0.15, -0.1) is 12.4 Å². The Morgan fingerprint density at radius 2 is 2.00 bits per heavy atom. The summed E-state index contributed by atoms with van der Waals surface area (Å²) in [5.74, 6) is 0.755. The number of aliphatic hydroxyl groups is 1. The number of aliphatic hydroxyl groups excluding tert-OH is 1. The lowest BCUT2D eigenvalue weighted by atomic mass is 10.1. The van der Waals surface area contributed by atoms with E-state index in [1.165, 1.54) is 0 Å². The first-order chi connectivity index (χ1) is 10.5. The lowest BCUT2D eigenvalue weighted by Gasteiger charge is -2.16. The number of hydrogen-bond donors (Lipinski definition) is 3. The maximum absolute atomic E-state index is 12.0. The Kier molecular flexibility index (Phi) is 7.82. The van der Waals surface area contributed by atoms with Gasteiger partial charge in [0, 0.05) is 18.5 Å². The molecular formula is C17H27ClN2O3. The van der Waals surface area contributed by atoms with E-state index in [1.54, 1.807) is 0 Å². The van der Waals surface area contributed by atoms with Crippen molar-refractivity contribution in [2.45, 2.75) is 51.4 Å². The number of carbonyl (C=O) groups is 1. The fourth-order valence-corrected chi connectivity index (χ4v) is 2.75. The van der Waals surface area contributed by atoms with Crippen LogP contribution in [0.3, 0.4) is 0 Å². The van der Waals surface area contributed by atoms with Gasteiger partial charge in [0.25, 0.3) is 0 Å². The summed E-state index contributed by atoms with van der Waals surface area (Å²) < 4.78 is 5.56. The van der Waals surface area contributed by atoms with Gasteiger partial charge in [-0.05, 0) is 50.8 Å². The van der Waals surface area contributed by atoms with Crippen molar-refractivity contribution in [1.82, 2.24) is 5.32 Å². The standard InChI is InChI=1S/C17H26N2O3.ClH/c1-11(2)22-15-7-4-12(5-8-15)16(20)10-19-17(21)13-3-6-14(18)9-13;/h4-5,7-8,11,13-14,16,20H,3,6,9-10,18H2,1-2H3,(H,19,21);1H. The molecule has 1 aliphatic carbocycles. The zero-order chi connectivity index (χ0) is 16.1. The molecule has 5 nitrogen and oxygen atoms in total. The molecule has 4 N–H and O–H groups in total. The van der Waals surface area contributed by atoms with Gasteiger partial charge in [-0.1, -0.05) is 12.1 Å². The molecule has 3 atom stereocenters. The maximum Gasteiger partial charge on any atom is 0.223 e. The molecule has 0 spiro atoms. The summed E-state index contributed by atoms with van der Waals surface area (Å²) in [5.41, 5.74) is 6.58. The molecule has 1 aromatic rings. The normalized spacial score (nSPS) is 21.6. The van der Waals surface area contributed by atoms with Crippen molar-refractivity contribution in [3.8, 4) is 5.75 Å². The summed E-state index contributed by atoms with van der Waals surface area (Å²) >= 11 is 0. The molecule has 0 aliphatic heterocycles. The summed E-state index contributed by atoms with van der Waals surface area (Å²) in [6, 6.07) is 7.43. The van der Waals surface area contributed by atoms with E-state index >= 15 is 0 Å². The summed E-state index contributed by atoms with van der Waals surface area (Å²) in [5, 5.41) is 13.0. The Hall–Kier alpha value is -1.30. The fourth-order valence-electron chi connectivity index (χ4n) is 2.75. The highest BCUT2D eigenvalue weighted by Crippen LogP contribution is 2.24. The molecule has 3 unspecified atom stereocenters. The summed E-state index contributed by atoms with van der Waals surface area (Å²) in [4.78, 5) is 12.0. The minimum absolute atomic E-state index is 0. The van der Waals surface area contributed by atoms with Crippen LogP contribution in [0.15, 0.2) is 24.3 Å². The molecule has 1 saturated carbocycles. The highest BCUT2D eigenvalue weighted by atomic mass is 35.5. The van der Waals surface area contributed by atoms with Gasteiger partial charge in [0.2, 0.25) is 5.91 Å². The largest absolute Gasteiger partial charge is 0.491 e. The van der Waals surface area contributed by atoms with Crippen molar-refractivity contribution in [3.63, 3.8) is 0 Å². The third kappa shape index (κ3) is 6.01. The number of rotatable bonds is 6. The molecule has 1 fully saturated rings. The van der Waals surface area contributed by atoms with E-state index in [2.05, 4.69) is 5.32 Å². The number of benzene rings is 1. The number of halogens is 1. The number of ether oxygens (including phenoxy) is 1. The van der Waals surface area contributed by atoms with Crippen molar-refractivity contribution >= 4 is 18.3 Å². The Labute approximate surface area is 144 Å². The third-order valence-corrected chi connectivity index (χ3v) is 3.95. The molecule has 1 aliphatic rings. The Balaban J connectivity index is 0.00000264. The van der Waals surface area contributed by atoms with E-state index < -0.39 is 6.10 Å². The molecule has 1 amide bonds. The van der Waals surface area contributed by atoms with Crippen LogP contribution in [-0.4, -0.2) is 29.7 Å². The number of hydrogen-bond acceptors (Lipinski definition) is 4. The van der Waals surface area contributed by atoms with Gasteiger partial charge < -0.3 is 20.9 Å². The van der Waals surface area contributed by atoms with E-state index in [1.807, 2.05) is 38.1 Å². The van der Waals surface area contributed by atoms with Gasteiger partial charge in [0.1, 0.15) is 5.75 Å². The first-order valence-corrected chi connectivity index (χ1v) is 7.93. The van der Waals surface area contributed by atoms with Crippen LogP contribution in [0.1, 0.15) is 44.8 Å². The Morgan fingerprint density at radius 3 is 2.52 bits per heavy atom.